The van der Waals surface area contributed by atoms with E-state index in [4.69, 9.17) is 9.26 Å². The number of aromatic nitrogens is 2. The molecule has 1 aromatic carbocycles. The molecule has 1 aliphatic heterocycles. The fourth-order valence-electron chi connectivity index (χ4n) is 3.24. The van der Waals surface area contributed by atoms with E-state index >= 15 is 0 Å². The van der Waals surface area contributed by atoms with Gasteiger partial charge in [0.15, 0.2) is 5.82 Å². The molecule has 0 atom stereocenters. The van der Waals surface area contributed by atoms with E-state index in [2.05, 4.69) is 15.5 Å². The number of piperidine rings is 1. The lowest BCUT2D eigenvalue weighted by molar-refractivity contribution is -0.120. The van der Waals surface area contributed by atoms with Gasteiger partial charge < -0.3 is 14.6 Å². The third-order valence-corrected chi connectivity index (χ3v) is 6.11. The molecule has 2 heterocycles. The van der Waals surface area contributed by atoms with Crippen LogP contribution in [0, 0.1) is 0 Å². The highest BCUT2D eigenvalue weighted by Gasteiger charge is 2.28. The van der Waals surface area contributed by atoms with Crippen LogP contribution in [-0.2, 0) is 27.8 Å². The molecule has 1 aliphatic rings. The van der Waals surface area contributed by atoms with E-state index in [9.17, 15) is 13.2 Å². The summed E-state index contributed by atoms with van der Waals surface area (Å²) in [6.07, 6.45) is 2.76. The monoisotopic (exact) mass is 422 g/mol. The average molecular weight is 423 g/mol. The fourth-order valence-corrected chi connectivity index (χ4v) is 4.12. The number of hydrogen-bond acceptors (Lipinski definition) is 7. The number of ether oxygens (including phenoxy) is 1. The summed E-state index contributed by atoms with van der Waals surface area (Å²) >= 11 is 0. The second kappa shape index (κ2) is 9.36. The average Bonchev–Trinajstić information content (AvgIpc) is 3.17. The predicted octanol–water partition coefficient (Wildman–Crippen LogP) is 1.47. The van der Waals surface area contributed by atoms with Crippen molar-refractivity contribution in [3.8, 4) is 5.75 Å². The van der Waals surface area contributed by atoms with Crippen LogP contribution in [0.5, 0.6) is 5.75 Å². The molecule has 158 valence electrons. The molecule has 0 radical (unpaired) electrons. The second-order valence-electron chi connectivity index (χ2n) is 7.01. The fraction of sp³-hybridized carbons (Fsp3) is 0.526. The summed E-state index contributed by atoms with van der Waals surface area (Å²) in [6.45, 7) is 3.58. The molecule has 0 spiro atoms. The van der Waals surface area contributed by atoms with Crippen LogP contribution in [0.2, 0.25) is 0 Å². The van der Waals surface area contributed by atoms with Crippen LogP contribution >= 0.6 is 0 Å². The van der Waals surface area contributed by atoms with Gasteiger partial charge in [-0.15, -0.1) is 0 Å². The number of nitrogens with zero attached hydrogens (tertiary/aromatic N) is 3. The van der Waals surface area contributed by atoms with Gasteiger partial charge in [-0.2, -0.15) is 4.98 Å². The van der Waals surface area contributed by atoms with Gasteiger partial charge in [0.2, 0.25) is 21.8 Å². The highest BCUT2D eigenvalue weighted by molar-refractivity contribution is 7.88. The molecular weight excluding hydrogens is 396 g/mol. The van der Waals surface area contributed by atoms with E-state index < -0.39 is 10.0 Å². The summed E-state index contributed by atoms with van der Waals surface area (Å²) in [4.78, 5) is 16.5. The molecule has 1 amide bonds. The number of nitrogens with one attached hydrogen (secondary N) is 1. The second-order valence-corrected chi connectivity index (χ2v) is 9.00. The van der Waals surface area contributed by atoms with E-state index in [1.54, 1.807) is 0 Å². The van der Waals surface area contributed by atoms with Gasteiger partial charge in [0.1, 0.15) is 5.75 Å². The van der Waals surface area contributed by atoms with Gasteiger partial charge in [0.05, 0.1) is 25.8 Å². The first-order valence-corrected chi connectivity index (χ1v) is 11.5. The lowest BCUT2D eigenvalue weighted by atomic mass is 9.98. The third kappa shape index (κ3) is 6.01. The molecule has 0 saturated carbocycles. The highest BCUT2D eigenvalue weighted by atomic mass is 32.2. The van der Waals surface area contributed by atoms with Crippen LogP contribution in [0.25, 0.3) is 0 Å². The molecule has 3 rings (SSSR count). The molecule has 10 heteroatoms. The van der Waals surface area contributed by atoms with Gasteiger partial charge >= 0.3 is 0 Å². The summed E-state index contributed by atoms with van der Waals surface area (Å²) in [5.41, 5.74) is 0.884. The van der Waals surface area contributed by atoms with Gasteiger partial charge in [-0.1, -0.05) is 17.3 Å². The van der Waals surface area contributed by atoms with E-state index in [1.165, 1.54) is 10.6 Å². The molecule has 0 aliphatic carbocycles. The maximum absolute atomic E-state index is 12.1. The number of sulfonamides is 1. The zero-order chi connectivity index (χ0) is 20.9. The Bertz CT molecular complexity index is 918. The van der Waals surface area contributed by atoms with E-state index in [0.717, 1.165) is 11.3 Å². The molecule has 0 unspecified atom stereocenters. The Balaban J connectivity index is 1.46. The zero-order valence-electron chi connectivity index (χ0n) is 16.6. The molecule has 1 fully saturated rings. The van der Waals surface area contributed by atoms with Crippen molar-refractivity contribution in [2.24, 2.45) is 0 Å². The SMILES string of the molecule is CCOc1ccc(CC(=O)NCc2nc(C3CCN(S(C)(=O)=O)CC3)no2)cc1. The Morgan fingerprint density at radius 3 is 2.59 bits per heavy atom. The van der Waals surface area contributed by atoms with Crippen LogP contribution in [0.1, 0.15) is 43.0 Å². The first kappa shape index (κ1) is 21.3. The Hall–Kier alpha value is -2.46. The minimum Gasteiger partial charge on any atom is -0.494 e. The summed E-state index contributed by atoms with van der Waals surface area (Å²) in [7, 11) is -3.16. The maximum atomic E-state index is 12.1. The minimum absolute atomic E-state index is 0.0602. The molecule has 1 aromatic heterocycles. The third-order valence-electron chi connectivity index (χ3n) is 4.81. The van der Waals surface area contributed by atoms with Gasteiger partial charge in [-0.3, -0.25) is 4.79 Å². The van der Waals surface area contributed by atoms with Crippen molar-refractivity contribution in [3.05, 3.63) is 41.5 Å². The van der Waals surface area contributed by atoms with Crippen molar-refractivity contribution in [1.29, 1.82) is 0 Å². The lowest BCUT2D eigenvalue weighted by Gasteiger charge is -2.28. The summed E-state index contributed by atoms with van der Waals surface area (Å²) in [5, 5.41) is 6.77. The number of hydrogen-bond donors (Lipinski definition) is 1. The predicted molar refractivity (Wildman–Crippen MR) is 106 cm³/mol. The topological polar surface area (TPSA) is 115 Å². The number of amides is 1. The Kier molecular flexibility index (Phi) is 6.86. The Morgan fingerprint density at radius 2 is 1.97 bits per heavy atom. The Morgan fingerprint density at radius 1 is 1.28 bits per heavy atom. The quantitative estimate of drug-likeness (QED) is 0.685. The number of carbonyl (C=O) groups is 1. The maximum Gasteiger partial charge on any atom is 0.246 e. The molecule has 29 heavy (non-hydrogen) atoms. The molecule has 2 aromatic rings. The standard InChI is InChI=1S/C19H26N4O5S/c1-3-27-16-6-4-14(5-7-16)12-17(24)20-13-18-21-19(22-28-18)15-8-10-23(11-9-15)29(2,25)26/h4-7,15H,3,8-13H2,1-2H3,(H,20,24). The molecule has 9 nitrogen and oxygen atoms in total. The van der Waals surface area contributed by atoms with E-state index in [-0.39, 0.29) is 24.8 Å². The number of benzene rings is 1. The van der Waals surface area contributed by atoms with Crippen molar-refractivity contribution in [2.75, 3.05) is 26.0 Å². The van der Waals surface area contributed by atoms with Crippen LogP contribution in [-0.4, -0.2) is 54.7 Å². The van der Waals surface area contributed by atoms with Crippen LogP contribution in [0.3, 0.4) is 0 Å². The van der Waals surface area contributed by atoms with Gasteiger partial charge in [0.25, 0.3) is 0 Å². The molecular formula is C19H26N4O5S. The summed E-state index contributed by atoms with van der Waals surface area (Å²) in [5.74, 6) is 1.59. The molecule has 0 bridgehead atoms. The van der Waals surface area contributed by atoms with Gasteiger partial charge in [-0.05, 0) is 37.5 Å². The van der Waals surface area contributed by atoms with E-state index in [1.807, 2.05) is 31.2 Å². The molecule has 1 N–H and O–H groups in total. The number of rotatable bonds is 8. The van der Waals surface area contributed by atoms with Gasteiger partial charge in [-0.25, -0.2) is 12.7 Å². The van der Waals surface area contributed by atoms with Crippen LogP contribution in [0.15, 0.2) is 28.8 Å². The normalized spacial score (nSPS) is 15.9. The van der Waals surface area contributed by atoms with Crippen molar-refractivity contribution in [2.45, 2.75) is 38.6 Å². The zero-order valence-corrected chi connectivity index (χ0v) is 17.4. The molecule has 1 saturated heterocycles. The Labute approximate surface area is 170 Å². The first-order chi connectivity index (χ1) is 13.8. The van der Waals surface area contributed by atoms with Crippen molar-refractivity contribution in [1.82, 2.24) is 19.8 Å². The first-order valence-electron chi connectivity index (χ1n) is 9.61. The number of carbonyl (C=O) groups excluding carboxylic acids is 1. The summed E-state index contributed by atoms with van der Waals surface area (Å²) < 4.78 is 35.3. The smallest absolute Gasteiger partial charge is 0.246 e. The van der Waals surface area contributed by atoms with Crippen molar-refractivity contribution < 1.29 is 22.5 Å². The van der Waals surface area contributed by atoms with Crippen LogP contribution < -0.4 is 10.1 Å². The minimum atomic E-state index is -3.16. The summed E-state index contributed by atoms with van der Waals surface area (Å²) in [6, 6.07) is 7.40. The van der Waals surface area contributed by atoms with Crippen molar-refractivity contribution >= 4 is 15.9 Å². The van der Waals surface area contributed by atoms with Crippen molar-refractivity contribution in [3.63, 3.8) is 0 Å². The van der Waals surface area contributed by atoms with E-state index in [0.29, 0.717) is 44.3 Å². The van der Waals surface area contributed by atoms with Crippen LogP contribution in [0.4, 0.5) is 0 Å². The highest BCUT2D eigenvalue weighted by Crippen LogP contribution is 2.26. The largest absolute Gasteiger partial charge is 0.494 e. The van der Waals surface area contributed by atoms with Gasteiger partial charge in [0, 0.05) is 19.0 Å². The lowest BCUT2D eigenvalue weighted by Crippen LogP contribution is -2.37.